The quantitative estimate of drug-likeness (QED) is 0.873. The Kier molecular flexibility index (Phi) is 4.18. The lowest BCUT2D eigenvalue weighted by atomic mass is 10.2. The first kappa shape index (κ1) is 12.4. The maximum absolute atomic E-state index is 5.70. The minimum Gasteiger partial charge on any atom is -0.487 e. The number of anilines is 1. The fourth-order valence-corrected chi connectivity index (χ4v) is 1.69. The summed E-state index contributed by atoms with van der Waals surface area (Å²) in [6.07, 6.45) is 2.83. The van der Waals surface area contributed by atoms with Crippen LogP contribution < -0.4 is 10.1 Å². The first-order valence-electron chi connectivity index (χ1n) is 6.16. The average Bonchev–Trinajstić information content (AvgIpc) is 2.46. The molecule has 2 rings (SSSR count). The number of rotatable bonds is 5. The van der Waals surface area contributed by atoms with E-state index in [0.29, 0.717) is 6.61 Å². The second-order valence-corrected chi connectivity index (χ2v) is 4.07. The van der Waals surface area contributed by atoms with E-state index in [-0.39, 0.29) is 0 Å². The molecule has 2 aromatic rings. The molecule has 0 fully saturated rings. The summed E-state index contributed by atoms with van der Waals surface area (Å²) in [5, 5.41) is 3.09. The molecule has 0 unspecified atom stereocenters. The van der Waals surface area contributed by atoms with Crippen LogP contribution in [0.4, 0.5) is 5.69 Å². The van der Waals surface area contributed by atoms with Crippen molar-refractivity contribution in [3.8, 4) is 5.75 Å². The van der Waals surface area contributed by atoms with Gasteiger partial charge in [0.2, 0.25) is 0 Å². The van der Waals surface area contributed by atoms with Crippen molar-refractivity contribution in [1.82, 2.24) is 4.98 Å². The Bertz CT molecular complexity index is 494. The van der Waals surface area contributed by atoms with E-state index in [1.54, 1.807) is 6.20 Å². The molecule has 0 spiro atoms. The molecule has 0 saturated carbocycles. The molecule has 94 valence electrons. The molecular weight excluding hydrogens is 224 g/mol. The maximum atomic E-state index is 5.70. The molecule has 3 heteroatoms. The van der Waals surface area contributed by atoms with Crippen LogP contribution in [0.2, 0.25) is 0 Å². The van der Waals surface area contributed by atoms with Crippen LogP contribution in [0.1, 0.15) is 18.2 Å². The summed E-state index contributed by atoms with van der Waals surface area (Å²) in [5.74, 6) is 0.879. The lowest BCUT2D eigenvalue weighted by molar-refractivity contribution is 0.301. The molecule has 0 bridgehead atoms. The number of nitrogens with one attached hydrogen (secondary N) is 1. The van der Waals surface area contributed by atoms with Gasteiger partial charge in [-0.1, -0.05) is 19.1 Å². The fourth-order valence-electron chi connectivity index (χ4n) is 1.69. The molecular formula is C15H18N2O. The second kappa shape index (κ2) is 6.05. The van der Waals surface area contributed by atoms with E-state index in [4.69, 9.17) is 4.74 Å². The van der Waals surface area contributed by atoms with Crippen molar-refractivity contribution < 1.29 is 4.74 Å². The van der Waals surface area contributed by atoms with Crippen LogP contribution in [0.3, 0.4) is 0 Å². The van der Waals surface area contributed by atoms with Crippen molar-refractivity contribution in [3.05, 3.63) is 53.9 Å². The number of aromatic nitrogens is 1. The molecule has 1 heterocycles. The van der Waals surface area contributed by atoms with E-state index in [1.807, 2.05) is 31.3 Å². The Morgan fingerprint density at radius 3 is 2.61 bits per heavy atom. The zero-order valence-electron chi connectivity index (χ0n) is 10.8. The number of nitrogens with zero attached hydrogens (tertiary/aromatic N) is 1. The smallest absolute Gasteiger partial charge is 0.130 e. The Morgan fingerprint density at radius 2 is 1.94 bits per heavy atom. The van der Waals surface area contributed by atoms with Gasteiger partial charge in [-0.3, -0.25) is 4.98 Å². The Morgan fingerprint density at radius 1 is 1.17 bits per heavy atom. The number of pyridine rings is 1. The summed E-state index contributed by atoms with van der Waals surface area (Å²) in [4.78, 5) is 4.27. The standard InChI is InChI=1S/C15H18N2O/c1-3-12-4-6-15(7-5-12)18-11-14-10-13(16-2)8-9-17-14/h4-10H,3,11H2,1-2H3,(H,16,17). The van der Waals surface area contributed by atoms with Crippen molar-refractivity contribution in [2.24, 2.45) is 0 Å². The third-order valence-corrected chi connectivity index (χ3v) is 2.82. The molecule has 0 amide bonds. The number of benzene rings is 1. The highest BCUT2D eigenvalue weighted by molar-refractivity contribution is 5.42. The zero-order valence-corrected chi connectivity index (χ0v) is 10.8. The minimum atomic E-state index is 0.487. The predicted molar refractivity (Wildman–Crippen MR) is 73.9 cm³/mol. The maximum Gasteiger partial charge on any atom is 0.130 e. The number of ether oxygens (including phenoxy) is 1. The lowest BCUT2D eigenvalue weighted by Crippen LogP contribution is -1.99. The lowest BCUT2D eigenvalue weighted by Gasteiger charge is -2.07. The zero-order chi connectivity index (χ0) is 12.8. The average molecular weight is 242 g/mol. The van der Waals surface area contributed by atoms with Crippen molar-refractivity contribution in [2.45, 2.75) is 20.0 Å². The van der Waals surface area contributed by atoms with Crippen molar-refractivity contribution >= 4 is 5.69 Å². The summed E-state index contributed by atoms with van der Waals surface area (Å²) in [6.45, 7) is 2.63. The van der Waals surface area contributed by atoms with Gasteiger partial charge in [-0.2, -0.15) is 0 Å². The van der Waals surface area contributed by atoms with E-state index >= 15 is 0 Å². The van der Waals surface area contributed by atoms with E-state index < -0.39 is 0 Å². The van der Waals surface area contributed by atoms with Crippen LogP contribution in [0.15, 0.2) is 42.6 Å². The molecule has 0 atom stereocenters. The third kappa shape index (κ3) is 3.23. The normalized spacial score (nSPS) is 10.1. The Balaban J connectivity index is 1.97. The van der Waals surface area contributed by atoms with Gasteiger partial charge in [0.15, 0.2) is 0 Å². The van der Waals surface area contributed by atoms with Crippen LogP contribution in [-0.2, 0) is 13.0 Å². The van der Waals surface area contributed by atoms with Gasteiger partial charge >= 0.3 is 0 Å². The Hall–Kier alpha value is -2.03. The number of hydrogen-bond donors (Lipinski definition) is 1. The summed E-state index contributed by atoms with van der Waals surface area (Å²) in [7, 11) is 1.89. The minimum absolute atomic E-state index is 0.487. The monoisotopic (exact) mass is 242 g/mol. The first-order valence-corrected chi connectivity index (χ1v) is 6.16. The highest BCUT2D eigenvalue weighted by Crippen LogP contribution is 2.15. The van der Waals surface area contributed by atoms with Crippen LogP contribution >= 0.6 is 0 Å². The molecule has 0 saturated heterocycles. The molecule has 1 aromatic heterocycles. The van der Waals surface area contributed by atoms with Crippen LogP contribution in [0, 0.1) is 0 Å². The van der Waals surface area contributed by atoms with E-state index in [1.165, 1.54) is 5.56 Å². The molecule has 18 heavy (non-hydrogen) atoms. The van der Waals surface area contributed by atoms with Crippen LogP contribution in [0.25, 0.3) is 0 Å². The molecule has 1 aromatic carbocycles. The van der Waals surface area contributed by atoms with Crippen LogP contribution in [0.5, 0.6) is 5.75 Å². The van der Waals surface area contributed by atoms with E-state index in [2.05, 4.69) is 29.4 Å². The summed E-state index contributed by atoms with van der Waals surface area (Å²) in [5.41, 5.74) is 3.28. The van der Waals surface area contributed by atoms with E-state index in [9.17, 15) is 0 Å². The van der Waals surface area contributed by atoms with Crippen LogP contribution in [-0.4, -0.2) is 12.0 Å². The van der Waals surface area contributed by atoms with Gasteiger partial charge in [0.25, 0.3) is 0 Å². The fraction of sp³-hybridized carbons (Fsp3) is 0.267. The van der Waals surface area contributed by atoms with Gasteiger partial charge in [0.05, 0.1) is 5.69 Å². The highest BCUT2D eigenvalue weighted by Gasteiger charge is 1.98. The van der Waals surface area contributed by atoms with Crippen molar-refractivity contribution in [1.29, 1.82) is 0 Å². The largest absolute Gasteiger partial charge is 0.487 e. The molecule has 0 aliphatic heterocycles. The summed E-state index contributed by atoms with van der Waals surface area (Å²) in [6, 6.07) is 12.1. The summed E-state index contributed by atoms with van der Waals surface area (Å²) >= 11 is 0. The predicted octanol–water partition coefficient (Wildman–Crippen LogP) is 3.26. The SMILES string of the molecule is CCc1ccc(OCc2cc(NC)ccn2)cc1. The summed E-state index contributed by atoms with van der Waals surface area (Å²) < 4.78 is 5.70. The second-order valence-electron chi connectivity index (χ2n) is 4.07. The van der Waals surface area contributed by atoms with Crippen molar-refractivity contribution in [3.63, 3.8) is 0 Å². The van der Waals surface area contributed by atoms with Gasteiger partial charge in [0, 0.05) is 18.9 Å². The number of hydrogen-bond acceptors (Lipinski definition) is 3. The van der Waals surface area contributed by atoms with Gasteiger partial charge in [0.1, 0.15) is 12.4 Å². The molecule has 3 nitrogen and oxygen atoms in total. The Labute approximate surface area is 108 Å². The van der Waals surface area contributed by atoms with Crippen molar-refractivity contribution in [2.75, 3.05) is 12.4 Å². The van der Waals surface area contributed by atoms with Gasteiger partial charge < -0.3 is 10.1 Å². The van der Waals surface area contributed by atoms with Gasteiger partial charge in [-0.15, -0.1) is 0 Å². The molecule has 0 aliphatic rings. The molecule has 0 radical (unpaired) electrons. The van der Waals surface area contributed by atoms with Gasteiger partial charge in [-0.25, -0.2) is 0 Å². The van der Waals surface area contributed by atoms with E-state index in [0.717, 1.165) is 23.6 Å². The number of aryl methyl sites for hydroxylation is 1. The third-order valence-electron chi connectivity index (χ3n) is 2.82. The highest BCUT2D eigenvalue weighted by atomic mass is 16.5. The first-order chi connectivity index (χ1) is 8.81. The molecule has 1 N–H and O–H groups in total. The van der Waals surface area contributed by atoms with Gasteiger partial charge in [-0.05, 0) is 36.2 Å². The molecule has 0 aliphatic carbocycles. The topological polar surface area (TPSA) is 34.1 Å².